The fourth-order valence-electron chi connectivity index (χ4n) is 4.64. The van der Waals surface area contributed by atoms with Crippen LogP contribution < -0.4 is 15.8 Å². The lowest BCUT2D eigenvalue weighted by atomic mass is 9.89. The van der Waals surface area contributed by atoms with Crippen LogP contribution in [0, 0.1) is 0 Å². The molecule has 2 fully saturated rings. The van der Waals surface area contributed by atoms with Gasteiger partial charge in [0.15, 0.2) is 0 Å². The van der Waals surface area contributed by atoms with Gasteiger partial charge in [0.25, 0.3) is 0 Å². The van der Waals surface area contributed by atoms with Crippen LogP contribution in [0.3, 0.4) is 0 Å². The Labute approximate surface area is 191 Å². The molecule has 2 saturated carbocycles. The minimum atomic E-state index is -0.582. The zero-order chi connectivity index (χ0) is 23.0. The molecular weight excluding hydrogens is 418 g/mol. The van der Waals surface area contributed by atoms with Crippen LogP contribution in [-0.4, -0.2) is 33.1 Å². The van der Waals surface area contributed by atoms with Crippen LogP contribution in [0.4, 0.5) is 11.6 Å². The fraction of sp³-hybridized carbons (Fsp3) is 0.440. The van der Waals surface area contributed by atoms with Crippen molar-refractivity contribution >= 4 is 28.4 Å². The first-order valence-electron chi connectivity index (χ1n) is 11.5. The van der Waals surface area contributed by atoms with Crippen LogP contribution in [0.2, 0.25) is 0 Å². The minimum absolute atomic E-state index is 0.158. The van der Waals surface area contributed by atoms with Crippen molar-refractivity contribution in [2.24, 2.45) is 5.73 Å². The monoisotopic (exact) mass is 445 g/mol. The summed E-state index contributed by atoms with van der Waals surface area (Å²) in [6, 6.07) is 5.55. The van der Waals surface area contributed by atoms with E-state index in [0.29, 0.717) is 23.1 Å². The first-order valence-corrected chi connectivity index (χ1v) is 11.5. The number of ether oxygens (including phenoxy) is 2. The van der Waals surface area contributed by atoms with E-state index in [9.17, 15) is 4.79 Å². The zero-order valence-electron chi connectivity index (χ0n) is 19.0. The van der Waals surface area contributed by atoms with Gasteiger partial charge in [0.05, 0.1) is 22.1 Å². The molecule has 1 aliphatic heterocycles. The third kappa shape index (κ3) is 3.40. The van der Waals surface area contributed by atoms with Gasteiger partial charge in [0, 0.05) is 17.9 Å². The molecule has 170 valence electrons. The molecule has 0 unspecified atom stereocenters. The van der Waals surface area contributed by atoms with Crippen LogP contribution in [0.1, 0.15) is 68.1 Å². The number of pyridine rings is 3. The number of esters is 1. The van der Waals surface area contributed by atoms with E-state index in [0.717, 1.165) is 47.7 Å². The predicted molar refractivity (Wildman–Crippen MR) is 124 cm³/mol. The molecule has 0 amide bonds. The Morgan fingerprint density at radius 2 is 1.94 bits per heavy atom. The molecule has 8 heteroatoms. The highest BCUT2D eigenvalue weighted by Gasteiger charge is 2.56. The average Bonchev–Trinajstić information content (AvgIpc) is 3.67. The average molecular weight is 446 g/mol. The van der Waals surface area contributed by atoms with Crippen LogP contribution in [-0.2, 0) is 15.7 Å². The van der Waals surface area contributed by atoms with Gasteiger partial charge in [-0.3, -0.25) is 0 Å². The Balaban J connectivity index is 1.39. The maximum atomic E-state index is 12.3. The number of hydrogen-bond acceptors (Lipinski definition) is 8. The molecule has 3 aliphatic rings. The lowest BCUT2D eigenvalue weighted by Gasteiger charge is -2.30. The van der Waals surface area contributed by atoms with E-state index in [2.05, 4.69) is 15.3 Å². The molecule has 33 heavy (non-hydrogen) atoms. The number of nitrogens with two attached hydrogens (primary N) is 1. The largest absolute Gasteiger partial charge is 0.474 e. The number of aromatic nitrogens is 3. The van der Waals surface area contributed by atoms with Gasteiger partial charge in [-0.25, -0.2) is 19.7 Å². The first-order chi connectivity index (χ1) is 15.7. The number of nitrogens with one attached hydrogen (secondary N) is 1. The third-order valence-electron chi connectivity index (χ3n) is 6.93. The molecule has 3 aromatic heterocycles. The normalized spacial score (nSPS) is 21.0. The molecule has 0 aromatic carbocycles. The maximum absolute atomic E-state index is 12.3. The van der Waals surface area contributed by atoms with Gasteiger partial charge in [-0.2, -0.15) is 0 Å². The summed E-state index contributed by atoms with van der Waals surface area (Å²) >= 11 is 0. The Morgan fingerprint density at radius 1 is 1.15 bits per heavy atom. The van der Waals surface area contributed by atoms with E-state index in [1.165, 1.54) is 0 Å². The summed E-state index contributed by atoms with van der Waals surface area (Å²) in [6.07, 6.45) is 7.71. The van der Waals surface area contributed by atoms with E-state index in [1.54, 1.807) is 24.5 Å². The van der Waals surface area contributed by atoms with E-state index in [1.807, 2.05) is 26.8 Å². The van der Waals surface area contributed by atoms with Crippen molar-refractivity contribution in [3.05, 3.63) is 47.4 Å². The molecule has 0 radical (unpaired) electrons. The number of nitrogens with zero attached hydrogens (tertiary/aromatic N) is 3. The highest BCUT2D eigenvalue weighted by Crippen LogP contribution is 2.54. The minimum Gasteiger partial charge on any atom is -0.474 e. The van der Waals surface area contributed by atoms with Gasteiger partial charge in [-0.05, 0) is 75.6 Å². The van der Waals surface area contributed by atoms with Gasteiger partial charge in [0.2, 0.25) is 5.88 Å². The van der Waals surface area contributed by atoms with Crippen molar-refractivity contribution in [2.75, 3.05) is 5.32 Å². The van der Waals surface area contributed by atoms with E-state index >= 15 is 0 Å². The standard InChI is InChI=1S/C25H27N5O3/c1-13-25(8-9-25)21-15(23(31)32-13)6-7-19(30-21)29-20-10-16-17(11-27-20)22(33-14-4-5-14)28-12-18(16)24(2,3)26/h6-7,10-14H,4-5,8-9,26H2,1-3H3,(H,27,29,30)/t13-/m1/s1. The number of fused-ring (bicyclic) bond motifs is 3. The second kappa shape index (κ2) is 6.87. The topological polar surface area (TPSA) is 112 Å². The Morgan fingerprint density at radius 3 is 2.64 bits per heavy atom. The van der Waals surface area contributed by atoms with Crippen LogP contribution in [0.5, 0.6) is 5.88 Å². The van der Waals surface area contributed by atoms with E-state index < -0.39 is 5.54 Å². The highest BCUT2D eigenvalue weighted by molar-refractivity contribution is 5.94. The molecule has 1 atom stereocenters. The predicted octanol–water partition coefficient (Wildman–Crippen LogP) is 4.09. The summed E-state index contributed by atoms with van der Waals surface area (Å²) < 4.78 is 11.6. The van der Waals surface area contributed by atoms with E-state index in [-0.39, 0.29) is 23.6 Å². The molecule has 0 bridgehead atoms. The zero-order valence-corrected chi connectivity index (χ0v) is 19.0. The molecule has 8 nitrogen and oxygen atoms in total. The van der Waals surface area contributed by atoms with Crippen LogP contribution in [0.25, 0.3) is 10.8 Å². The number of carbonyl (C=O) groups excluding carboxylic acids is 1. The summed E-state index contributed by atoms with van der Waals surface area (Å²) in [7, 11) is 0. The van der Waals surface area contributed by atoms with Gasteiger partial charge < -0.3 is 20.5 Å². The molecule has 1 spiro atoms. The molecule has 2 aliphatic carbocycles. The molecule has 0 saturated heterocycles. The lowest BCUT2D eigenvalue weighted by molar-refractivity contribution is 0.0183. The van der Waals surface area contributed by atoms with Gasteiger partial charge in [-0.1, -0.05) is 0 Å². The van der Waals surface area contributed by atoms with Crippen LogP contribution >= 0.6 is 0 Å². The van der Waals surface area contributed by atoms with Crippen LogP contribution in [0.15, 0.2) is 30.6 Å². The molecular formula is C25H27N5O3. The van der Waals surface area contributed by atoms with Crippen molar-refractivity contribution in [1.29, 1.82) is 0 Å². The highest BCUT2D eigenvalue weighted by atomic mass is 16.5. The molecule has 4 heterocycles. The van der Waals surface area contributed by atoms with Crippen molar-refractivity contribution in [2.45, 2.75) is 69.6 Å². The molecule has 3 aromatic rings. The Bertz CT molecular complexity index is 1290. The van der Waals surface area contributed by atoms with Crippen molar-refractivity contribution < 1.29 is 14.3 Å². The second-order valence-electron chi connectivity index (χ2n) is 10.1. The summed E-state index contributed by atoms with van der Waals surface area (Å²) in [5, 5.41) is 5.10. The third-order valence-corrected chi connectivity index (χ3v) is 6.93. The number of cyclic esters (lactones) is 1. The maximum Gasteiger partial charge on any atom is 0.340 e. The summed E-state index contributed by atoms with van der Waals surface area (Å²) in [5.41, 5.74) is 8.01. The molecule has 3 N–H and O–H groups in total. The SMILES string of the molecule is C[C@H]1OC(=O)c2ccc(Nc3cc4c(C(C)(C)N)cnc(OC5CC5)c4cn3)nc2C12CC2. The van der Waals surface area contributed by atoms with Crippen molar-refractivity contribution in [3.63, 3.8) is 0 Å². The quantitative estimate of drug-likeness (QED) is 0.565. The second-order valence-corrected chi connectivity index (χ2v) is 10.1. The Kier molecular flexibility index (Phi) is 4.24. The summed E-state index contributed by atoms with van der Waals surface area (Å²) in [6.45, 7) is 5.86. The summed E-state index contributed by atoms with van der Waals surface area (Å²) in [5.74, 6) is 1.57. The summed E-state index contributed by atoms with van der Waals surface area (Å²) in [4.78, 5) is 26.3. The number of anilines is 2. The Hall–Kier alpha value is -3.26. The van der Waals surface area contributed by atoms with Gasteiger partial charge >= 0.3 is 5.97 Å². The van der Waals surface area contributed by atoms with Crippen molar-refractivity contribution in [1.82, 2.24) is 15.0 Å². The van der Waals surface area contributed by atoms with E-state index in [4.69, 9.17) is 20.2 Å². The first kappa shape index (κ1) is 20.4. The smallest absolute Gasteiger partial charge is 0.340 e. The fourth-order valence-corrected chi connectivity index (χ4v) is 4.64. The number of rotatable bonds is 5. The van der Waals surface area contributed by atoms with Crippen molar-refractivity contribution in [3.8, 4) is 5.88 Å². The number of carbonyl (C=O) groups is 1. The molecule has 6 rings (SSSR count). The lowest BCUT2D eigenvalue weighted by Crippen LogP contribution is -2.36. The number of hydrogen-bond donors (Lipinski definition) is 2. The van der Waals surface area contributed by atoms with Gasteiger partial charge in [-0.15, -0.1) is 0 Å². The van der Waals surface area contributed by atoms with Gasteiger partial charge in [0.1, 0.15) is 23.8 Å².